The van der Waals surface area contributed by atoms with Gasteiger partial charge in [0.2, 0.25) is 0 Å². The third-order valence-electron chi connectivity index (χ3n) is 3.66. The van der Waals surface area contributed by atoms with Crippen molar-refractivity contribution in [1.29, 1.82) is 0 Å². The summed E-state index contributed by atoms with van der Waals surface area (Å²) in [5.41, 5.74) is 6.33. The molecule has 1 aromatic heterocycles. The number of hydrogen-bond donors (Lipinski definition) is 3. The van der Waals surface area contributed by atoms with Crippen LogP contribution in [0.4, 0.5) is 10.8 Å². The summed E-state index contributed by atoms with van der Waals surface area (Å²) in [7, 11) is 0. The van der Waals surface area contributed by atoms with E-state index in [0.717, 1.165) is 17.8 Å². The van der Waals surface area contributed by atoms with Crippen LogP contribution in [0.15, 0.2) is 0 Å². The Labute approximate surface area is 127 Å². The average Bonchev–Trinajstić information content (AvgIpc) is 3.17. The molecule has 1 saturated heterocycles. The molecule has 7 nitrogen and oxygen atoms in total. The van der Waals surface area contributed by atoms with Crippen molar-refractivity contribution in [3.8, 4) is 0 Å². The fraction of sp³-hybridized carbons (Fsp3) is 0.692. The quantitative estimate of drug-likeness (QED) is 0.734. The molecule has 2 atom stereocenters. The molecule has 1 aliphatic carbocycles. The van der Waals surface area contributed by atoms with Gasteiger partial charge in [-0.05, 0) is 31.3 Å². The highest BCUT2D eigenvalue weighted by Crippen LogP contribution is 2.33. The van der Waals surface area contributed by atoms with Gasteiger partial charge >= 0.3 is 0 Å². The smallest absolute Gasteiger partial charge is 0.258 e. The Morgan fingerprint density at radius 3 is 3.00 bits per heavy atom. The number of nitrogens with two attached hydrogens (primary N) is 1. The Hall–Kier alpha value is -1.38. The number of rotatable bonds is 4. The largest absolute Gasteiger partial charge is 0.394 e. The molecule has 4 N–H and O–H groups in total. The fourth-order valence-electron chi connectivity index (χ4n) is 2.52. The van der Waals surface area contributed by atoms with Crippen LogP contribution in [0.25, 0.3) is 0 Å². The Balaban J connectivity index is 1.82. The van der Waals surface area contributed by atoms with Crippen molar-refractivity contribution in [2.24, 2.45) is 0 Å². The van der Waals surface area contributed by atoms with E-state index in [1.807, 2.05) is 11.8 Å². The molecule has 0 spiro atoms. The molecule has 2 unspecified atom stereocenters. The summed E-state index contributed by atoms with van der Waals surface area (Å²) >= 11 is 1.23. The van der Waals surface area contributed by atoms with E-state index in [2.05, 4.69) is 9.69 Å². The lowest BCUT2D eigenvalue weighted by Gasteiger charge is -2.36. The standard InChI is InChI=1S/C13H20N4O3S/c1-7-4-17(5-9(6-18)20-7)13-10(11(14)16-21-13)12(19)15-8-2-3-8/h7-9,18H,2-6H2,1H3,(H2,14,16)(H,15,19). The molecule has 2 fully saturated rings. The summed E-state index contributed by atoms with van der Waals surface area (Å²) in [6, 6.07) is 0.276. The molecule has 0 aromatic carbocycles. The number of ether oxygens (including phenoxy) is 1. The zero-order valence-corrected chi connectivity index (χ0v) is 12.7. The number of nitrogens with zero attached hydrogens (tertiary/aromatic N) is 2. The molecule has 2 aliphatic rings. The molecule has 8 heteroatoms. The van der Waals surface area contributed by atoms with Gasteiger partial charge in [0, 0.05) is 19.1 Å². The van der Waals surface area contributed by atoms with Gasteiger partial charge < -0.3 is 25.8 Å². The second-order valence-electron chi connectivity index (χ2n) is 5.65. The molecule has 2 heterocycles. The summed E-state index contributed by atoms with van der Waals surface area (Å²) in [5.74, 6) is 0.117. The average molecular weight is 312 g/mol. The first-order chi connectivity index (χ1) is 10.1. The molecule has 1 aliphatic heterocycles. The summed E-state index contributed by atoms with van der Waals surface area (Å²) in [6.07, 6.45) is 1.79. The van der Waals surface area contributed by atoms with Crippen LogP contribution in [0.5, 0.6) is 0 Å². The highest BCUT2D eigenvalue weighted by atomic mass is 32.1. The maximum absolute atomic E-state index is 12.3. The minimum atomic E-state index is -0.253. The molecule has 0 radical (unpaired) electrons. The van der Waals surface area contributed by atoms with Gasteiger partial charge in [-0.15, -0.1) is 0 Å². The van der Waals surface area contributed by atoms with Crippen molar-refractivity contribution < 1.29 is 14.6 Å². The Morgan fingerprint density at radius 1 is 1.57 bits per heavy atom. The first kappa shape index (κ1) is 14.6. The third kappa shape index (κ3) is 3.12. The molecule has 1 saturated carbocycles. The van der Waals surface area contributed by atoms with Gasteiger partial charge in [0.05, 0.1) is 18.8 Å². The number of nitrogens with one attached hydrogen (secondary N) is 1. The van der Waals surface area contributed by atoms with Crippen molar-refractivity contribution >= 4 is 28.3 Å². The van der Waals surface area contributed by atoms with E-state index in [1.165, 1.54) is 11.5 Å². The minimum absolute atomic E-state index is 0.0152. The number of anilines is 2. The maximum atomic E-state index is 12.3. The van der Waals surface area contributed by atoms with E-state index in [9.17, 15) is 9.90 Å². The molecular formula is C13H20N4O3S. The molecule has 1 amide bonds. The fourth-order valence-corrected chi connectivity index (χ4v) is 3.35. The Kier molecular flexibility index (Phi) is 4.01. The maximum Gasteiger partial charge on any atom is 0.258 e. The van der Waals surface area contributed by atoms with E-state index in [1.54, 1.807) is 0 Å². The highest BCUT2D eigenvalue weighted by molar-refractivity contribution is 7.11. The van der Waals surface area contributed by atoms with Gasteiger partial charge in [0.25, 0.3) is 5.91 Å². The van der Waals surface area contributed by atoms with Gasteiger partial charge in [-0.2, -0.15) is 4.37 Å². The predicted octanol–water partition coefficient (Wildman–Crippen LogP) is 0.203. The number of aromatic nitrogens is 1. The minimum Gasteiger partial charge on any atom is -0.394 e. The number of carbonyl (C=O) groups is 1. The number of aliphatic hydroxyl groups excluding tert-OH is 1. The van der Waals surface area contributed by atoms with Crippen LogP contribution in [0.3, 0.4) is 0 Å². The molecule has 3 rings (SSSR count). The lowest BCUT2D eigenvalue weighted by molar-refractivity contribution is -0.0419. The number of aliphatic hydroxyl groups is 1. The number of hydrogen-bond acceptors (Lipinski definition) is 7. The third-order valence-corrected chi connectivity index (χ3v) is 4.58. The van der Waals surface area contributed by atoms with E-state index in [-0.39, 0.29) is 36.6 Å². The Bertz CT molecular complexity index is 531. The van der Waals surface area contributed by atoms with Gasteiger partial charge in [-0.25, -0.2) is 0 Å². The Morgan fingerprint density at radius 2 is 2.33 bits per heavy atom. The molecule has 21 heavy (non-hydrogen) atoms. The molecule has 116 valence electrons. The topological polar surface area (TPSA) is 101 Å². The first-order valence-electron chi connectivity index (χ1n) is 7.15. The summed E-state index contributed by atoms with van der Waals surface area (Å²) in [4.78, 5) is 14.4. The van der Waals surface area contributed by atoms with E-state index < -0.39 is 0 Å². The number of nitrogen functional groups attached to an aromatic ring is 1. The monoisotopic (exact) mass is 312 g/mol. The van der Waals surface area contributed by atoms with Crippen molar-refractivity contribution in [2.75, 3.05) is 30.3 Å². The lowest BCUT2D eigenvalue weighted by Crippen LogP contribution is -2.48. The number of morpholine rings is 1. The zero-order valence-electron chi connectivity index (χ0n) is 11.9. The second-order valence-corrected chi connectivity index (χ2v) is 6.40. The van der Waals surface area contributed by atoms with Crippen LogP contribution in [0.1, 0.15) is 30.1 Å². The van der Waals surface area contributed by atoms with Crippen molar-refractivity contribution in [1.82, 2.24) is 9.69 Å². The zero-order chi connectivity index (χ0) is 15.0. The second kappa shape index (κ2) is 5.78. The molecule has 1 aromatic rings. The summed E-state index contributed by atoms with van der Waals surface area (Å²) in [6.45, 7) is 3.09. The van der Waals surface area contributed by atoms with Crippen molar-refractivity contribution in [2.45, 2.75) is 38.0 Å². The van der Waals surface area contributed by atoms with Crippen molar-refractivity contribution in [3.05, 3.63) is 5.56 Å². The van der Waals surface area contributed by atoms with E-state index in [4.69, 9.17) is 10.5 Å². The van der Waals surface area contributed by atoms with Crippen LogP contribution in [-0.4, -0.2) is 53.3 Å². The summed E-state index contributed by atoms with van der Waals surface area (Å²) < 4.78 is 9.76. The summed E-state index contributed by atoms with van der Waals surface area (Å²) in [5, 5.41) is 13.0. The van der Waals surface area contributed by atoms with Gasteiger partial charge in [0.1, 0.15) is 10.6 Å². The highest BCUT2D eigenvalue weighted by Gasteiger charge is 2.32. The van der Waals surface area contributed by atoms with Crippen LogP contribution < -0.4 is 16.0 Å². The lowest BCUT2D eigenvalue weighted by atomic mass is 10.2. The van der Waals surface area contributed by atoms with Crippen LogP contribution in [-0.2, 0) is 4.74 Å². The number of carbonyl (C=O) groups excluding carboxylic acids is 1. The predicted molar refractivity (Wildman–Crippen MR) is 80.6 cm³/mol. The van der Waals surface area contributed by atoms with Crippen LogP contribution in [0.2, 0.25) is 0 Å². The first-order valence-corrected chi connectivity index (χ1v) is 7.93. The van der Waals surface area contributed by atoms with Crippen LogP contribution >= 0.6 is 11.5 Å². The van der Waals surface area contributed by atoms with Crippen molar-refractivity contribution in [3.63, 3.8) is 0 Å². The van der Waals surface area contributed by atoms with Gasteiger partial charge in [-0.1, -0.05) is 0 Å². The van der Waals surface area contributed by atoms with E-state index >= 15 is 0 Å². The molecular weight excluding hydrogens is 292 g/mol. The normalized spacial score (nSPS) is 25.9. The molecule has 0 bridgehead atoms. The SMILES string of the molecule is CC1CN(c2snc(N)c2C(=O)NC2CC2)CC(CO)O1. The van der Waals surface area contributed by atoms with Gasteiger partial charge in [-0.3, -0.25) is 4.79 Å². The van der Waals surface area contributed by atoms with Crippen LogP contribution in [0, 0.1) is 0 Å². The van der Waals surface area contributed by atoms with Gasteiger partial charge in [0.15, 0.2) is 5.82 Å². The van der Waals surface area contributed by atoms with E-state index in [0.29, 0.717) is 18.7 Å². The number of amides is 1.